The van der Waals surface area contributed by atoms with E-state index in [0.717, 1.165) is 37.0 Å². The summed E-state index contributed by atoms with van der Waals surface area (Å²) < 4.78 is 1.78. The fourth-order valence-corrected chi connectivity index (χ4v) is 2.65. The number of fused-ring (bicyclic) bond motifs is 1. The molecule has 1 aliphatic rings. The van der Waals surface area contributed by atoms with Crippen LogP contribution in [0.5, 0.6) is 0 Å². The molecule has 0 aromatic carbocycles. The average Bonchev–Trinajstić information content (AvgIpc) is 2.89. The summed E-state index contributed by atoms with van der Waals surface area (Å²) in [7, 11) is 0. The maximum atomic E-state index is 10.9. The van der Waals surface area contributed by atoms with E-state index in [2.05, 4.69) is 15.4 Å². The third-order valence-electron chi connectivity index (χ3n) is 3.74. The van der Waals surface area contributed by atoms with Crippen molar-refractivity contribution in [1.82, 2.24) is 14.6 Å². The molecule has 19 heavy (non-hydrogen) atoms. The molecule has 6 nitrogen and oxygen atoms in total. The van der Waals surface area contributed by atoms with Crippen LogP contribution in [0.15, 0.2) is 24.7 Å². The second-order valence-corrected chi connectivity index (χ2v) is 4.97. The first kappa shape index (κ1) is 12.0. The van der Waals surface area contributed by atoms with Gasteiger partial charge in [-0.3, -0.25) is 4.79 Å². The Balaban J connectivity index is 1.69. The third kappa shape index (κ3) is 2.38. The maximum absolute atomic E-state index is 10.9. The summed E-state index contributed by atoms with van der Waals surface area (Å²) in [6.07, 6.45) is 8.46. The number of hydrogen-bond acceptors (Lipinski definition) is 4. The highest BCUT2D eigenvalue weighted by molar-refractivity contribution is 5.70. The highest BCUT2D eigenvalue weighted by Crippen LogP contribution is 2.27. The van der Waals surface area contributed by atoms with Crippen LogP contribution in [0, 0.1) is 5.92 Å². The predicted molar refractivity (Wildman–Crippen MR) is 70.0 cm³/mol. The molecule has 100 valence electrons. The van der Waals surface area contributed by atoms with E-state index in [0.29, 0.717) is 6.04 Å². The van der Waals surface area contributed by atoms with Crippen molar-refractivity contribution in [2.75, 3.05) is 5.32 Å². The van der Waals surface area contributed by atoms with Crippen molar-refractivity contribution in [2.45, 2.75) is 31.7 Å². The lowest BCUT2D eigenvalue weighted by molar-refractivity contribution is -0.142. The number of hydrogen-bond donors (Lipinski definition) is 2. The van der Waals surface area contributed by atoms with E-state index in [-0.39, 0.29) is 5.92 Å². The highest BCUT2D eigenvalue weighted by Gasteiger charge is 2.26. The Hall–Kier alpha value is -2.11. The molecule has 1 saturated carbocycles. The molecule has 0 radical (unpaired) electrons. The maximum Gasteiger partial charge on any atom is 0.306 e. The Morgan fingerprint density at radius 3 is 2.84 bits per heavy atom. The molecule has 0 atom stereocenters. The Morgan fingerprint density at radius 2 is 2.11 bits per heavy atom. The van der Waals surface area contributed by atoms with Crippen molar-refractivity contribution in [2.24, 2.45) is 5.92 Å². The summed E-state index contributed by atoms with van der Waals surface area (Å²) >= 11 is 0. The Bertz CT molecular complexity index is 587. The van der Waals surface area contributed by atoms with Gasteiger partial charge >= 0.3 is 5.97 Å². The van der Waals surface area contributed by atoms with Crippen LogP contribution < -0.4 is 5.32 Å². The van der Waals surface area contributed by atoms with Gasteiger partial charge in [-0.2, -0.15) is 5.10 Å². The van der Waals surface area contributed by atoms with Gasteiger partial charge in [0.15, 0.2) is 5.82 Å². The van der Waals surface area contributed by atoms with Crippen LogP contribution in [0.4, 0.5) is 5.82 Å². The number of anilines is 1. The summed E-state index contributed by atoms with van der Waals surface area (Å²) in [6, 6.07) is 2.21. The van der Waals surface area contributed by atoms with Crippen molar-refractivity contribution in [1.29, 1.82) is 0 Å². The van der Waals surface area contributed by atoms with Gasteiger partial charge in [0.2, 0.25) is 0 Å². The van der Waals surface area contributed by atoms with Crippen molar-refractivity contribution < 1.29 is 9.90 Å². The van der Waals surface area contributed by atoms with Crippen molar-refractivity contribution in [3.8, 4) is 0 Å². The normalized spacial score (nSPS) is 23.4. The minimum absolute atomic E-state index is 0.184. The van der Waals surface area contributed by atoms with E-state index < -0.39 is 5.97 Å². The third-order valence-corrected chi connectivity index (χ3v) is 3.74. The minimum Gasteiger partial charge on any atom is -0.481 e. The van der Waals surface area contributed by atoms with Gasteiger partial charge < -0.3 is 10.4 Å². The predicted octanol–water partition coefficient (Wildman–Crippen LogP) is 1.78. The first-order valence-electron chi connectivity index (χ1n) is 6.52. The van der Waals surface area contributed by atoms with Gasteiger partial charge in [0.05, 0.1) is 12.1 Å². The van der Waals surface area contributed by atoms with Crippen molar-refractivity contribution >= 4 is 17.3 Å². The van der Waals surface area contributed by atoms with Crippen molar-refractivity contribution in [3.05, 3.63) is 24.7 Å². The first-order chi connectivity index (χ1) is 9.24. The van der Waals surface area contributed by atoms with E-state index in [1.54, 1.807) is 16.9 Å². The van der Waals surface area contributed by atoms with E-state index in [4.69, 9.17) is 5.11 Å². The lowest BCUT2D eigenvalue weighted by atomic mass is 9.86. The molecular weight excluding hydrogens is 244 g/mol. The second kappa shape index (κ2) is 4.87. The summed E-state index contributed by atoms with van der Waals surface area (Å²) in [5.41, 5.74) is 0.947. The molecule has 2 N–H and O–H groups in total. The average molecular weight is 260 g/mol. The van der Waals surface area contributed by atoms with Gasteiger partial charge in [-0.05, 0) is 31.7 Å². The minimum atomic E-state index is -0.672. The highest BCUT2D eigenvalue weighted by atomic mass is 16.4. The molecule has 0 saturated heterocycles. The molecule has 6 heteroatoms. The van der Waals surface area contributed by atoms with Gasteiger partial charge in [0.1, 0.15) is 5.52 Å². The van der Waals surface area contributed by atoms with Gasteiger partial charge in [0, 0.05) is 18.4 Å². The Kier molecular flexibility index (Phi) is 3.06. The zero-order chi connectivity index (χ0) is 13.2. The monoisotopic (exact) mass is 260 g/mol. The zero-order valence-electron chi connectivity index (χ0n) is 10.5. The molecule has 3 rings (SSSR count). The van der Waals surface area contributed by atoms with Crippen LogP contribution in [0.25, 0.3) is 5.52 Å². The second-order valence-electron chi connectivity index (χ2n) is 4.97. The largest absolute Gasteiger partial charge is 0.481 e. The summed E-state index contributed by atoms with van der Waals surface area (Å²) in [6.45, 7) is 0. The molecule has 0 amide bonds. The molecule has 0 unspecified atom stereocenters. The number of aromatic nitrogens is 3. The lowest BCUT2D eigenvalue weighted by Gasteiger charge is -2.27. The molecule has 2 heterocycles. The van der Waals surface area contributed by atoms with Gasteiger partial charge in [0.25, 0.3) is 0 Å². The standard InChI is InChI=1S/C13H16N4O2/c18-13(19)9-1-3-10(4-2-9)16-12-11-5-6-15-17(11)8-7-14-12/h5-10H,1-4H2,(H,14,16)(H,18,19). The molecule has 0 spiro atoms. The number of carbonyl (C=O) groups is 1. The molecule has 0 aliphatic heterocycles. The number of rotatable bonds is 3. The number of carboxylic acid groups (broad SMARTS) is 1. The van der Waals surface area contributed by atoms with Crippen LogP contribution >= 0.6 is 0 Å². The number of nitrogens with one attached hydrogen (secondary N) is 1. The molecule has 1 aliphatic carbocycles. The van der Waals surface area contributed by atoms with Gasteiger partial charge in [-0.15, -0.1) is 0 Å². The van der Waals surface area contributed by atoms with Crippen LogP contribution in [0.1, 0.15) is 25.7 Å². The summed E-state index contributed by atoms with van der Waals surface area (Å²) in [4.78, 5) is 15.3. The zero-order valence-corrected chi connectivity index (χ0v) is 10.5. The van der Waals surface area contributed by atoms with Gasteiger partial charge in [-0.1, -0.05) is 0 Å². The van der Waals surface area contributed by atoms with Crippen LogP contribution in [0.2, 0.25) is 0 Å². The van der Waals surface area contributed by atoms with E-state index in [1.165, 1.54) is 0 Å². The fraction of sp³-hybridized carbons (Fsp3) is 0.462. The molecule has 2 aromatic heterocycles. The lowest BCUT2D eigenvalue weighted by Crippen LogP contribution is -2.29. The number of aliphatic carboxylic acids is 1. The number of nitrogens with zero attached hydrogens (tertiary/aromatic N) is 3. The summed E-state index contributed by atoms with van der Waals surface area (Å²) in [5.74, 6) is -0.0370. The van der Waals surface area contributed by atoms with Crippen molar-refractivity contribution in [3.63, 3.8) is 0 Å². The van der Waals surface area contributed by atoms with Crippen LogP contribution in [-0.2, 0) is 4.79 Å². The topological polar surface area (TPSA) is 79.5 Å². The van der Waals surface area contributed by atoms with E-state index in [9.17, 15) is 4.79 Å². The van der Waals surface area contributed by atoms with Crippen LogP contribution in [0.3, 0.4) is 0 Å². The van der Waals surface area contributed by atoms with Gasteiger partial charge in [-0.25, -0.2) is 9.50 Å². The number of carboxylic acids is 1. The smallest absolute Gasteiger partial charge is 0.306 e. The molecule has 2 aromatic rings. The molecular formula is C13H16N4O2. The SMILES string of the molecule is O=C(O)C1CCC(Nc2nccn3nccc23)CC1. The molecule has 0 bridgehead atoms. The Labute approximate surface area is 110 Å². The van der Waals surface area contributed by atoms with E-state index in [1.807, 2.05) is 12.3 Å². The fourth-order valence-electron chi connectivity index (χ4n) is 2.65. The first-order valence-corrected chi connectivity index (χ1v) is 6.52. The van der Waals surface area contributed by atoms with E-state index >= 15 is 0 Å². The summed E-state index contributed by atoms with van der Waals surface area (Å²) in [5, 5.41) is 16.6. The molecule has 1 fully saturated rings. The quantitative estimate of drug-likeness (QED) is 0.879. The van der Waals surface area contributed by atoms with Crippen LogP contribution in [-0.4, -0.2) is 31.7 Å². The Morgan fingerprint density at radius 1 is 1.32 bits per heavy atom.